The Hall–Kier alpha value is -1.73. The maximum Gasteiger partial charge on any atom is 0.274 e. The molecule has 0 saturated carbocycles. The van der Waals surface area contributed by atoms with E-state index in [0.29, 0.717) is 11.6 Å². The second-order valence-corrected chi connectivity index (χ2v) is 6.88. The minimum Gasteiger partial charge on any atom is -0.346 e. The van der Waals surface area contributed by atoms with Gasteiger partial charge in [-0.25, -0.2) is 4.68 Å². The average molecular weight is 378 g/mol. The molecule has 1 amide bonds. The van der Waals surface area contributed by atoms with Crippen molar-refractivity contribution in [1.82, 2.24) is 25.6 Å². The van der Waals surface area contributed by atoms with Gasteiger partial charge in [0.25, 0.3) is 5.91 Å². The standard InChI is InChI=1S/C16H20BrN5O/c1-10-6-7-18-9-14(10)19-16(23)15-11(2)22(21-20-15)13-5-3-4-12(17)8-13/h3-5,8,10,14,18H,6-7,9H2,1-2H3,(H,19,23). The van der Waals surface area contributed by atoms with Crippen molar-refractivity contribution in [1.29, 1.82) is 0 Å². The largest absolute Gasteiger partial charge is 0.346 e. The lowest BCUT2D eigenvalue weighted by Crippen LogP contribution is -2.50. The molecule has 1 fully saturated rings. The van der Waals surface area contributed by atoms with E-state index in [1.54, 1.807) is 4.68 Å². The molecule has 1 aromatic carbocycles. The van der Waals surface area contributed by atoms with E-state index in [-0.39, 0.29) is 11.9 Å². The molecule has 3 rings (SSSR count). The van der Waals surface area contributed by atoms with E-state index in [1.165, 1.54) is 0 Å². The number of benzene rings is 1. The highest BCUT2D eigenvalue weighted by atomic mass is 79.9. The molecule has 1 saturated heterocycles. The first-order chi connectivity index (χ1) is 11.1. The van der Waals surface area contributed by atoms with Crippen molar-refractivity contribution in [2.24, 2.45) is 5.92 Å². The van der Waals surface area contributed by atoms with Crippen molar-refractivity contribution in [2.75, 3.05) is 13.1 Å². The van der Waals surface area contributed by atoms with E-state index < -0.39 is 0 Å². The zero-order chi connectivity index (χ0) is 16.4. The second-order valence-electron chi connectivity index (χ2n) is 5.97. The fourth-order valence-corrected chi connectivity index (χ4v) is 3.20. The normalized spacial score (nSPS) is 21.2. The summed E-state index contributed by atoms with van der Waals surface area (Å²) in [7, 11) is 0. The number of piperidine rings is 1. The molecule has 122 valence electrons. The Morgan fingerprint density at radius 2 is 2.30 bits per heavy atom. The number of nitrogens with zero attached hydrogens (tertiary/aromatic N) is 3. The van der Waals surface area contributed by atoms with Crippen molar-refractivity contribution in [3.63, 3.8) is 0 Å². The van der Waals surface area contributed by atoms with Crippen LogP contribution in [0.4, 0.5) is 0 Å². The van der Waals surface area contributed by atoms with Crippen LogP contribution in [0, 0.1) is 12.8 Å². The van der Waals surface area contributed by atoms with E-state index in [1.807, 2.05) is 31.2 Å². The molecule has 7 heteroatoms. The lowest BCUT2D eigenvalue weighted by molar-refractivity contribution is 0.0909. The first-order valence-corrected chi connectivity index (χ1v) is 8.55. The summed E-state index contributed by atoms with van der Waals surface area (Å²) in [5.41, 5.74) is 1.98. The van der Waals surface area contributed by atoms with Gasteiger partial charge >= 0.3 is 0 Å². The highest BCUT2D eigenvalue weighted by Gasteiger charge is 2.25. The number of nitrogens with one attached hydrogen (secondary N) is 2. The van der Waals surface area contributed by atoms with Crippen LogP contribution in [-0.4, -0.2) is 40.0 Å². The third-order valence-corrected chi connectivity index (χ3v) is 4.80. The van der Waals surface area contributed by atoms with Crippen LogP contribution in [0.3, 0.4) is 0 Å². The van der Waals surface area contributed by atoms with Crippen LogP contribution < -0.4 is 10.6 Å². The lowest BCUT2D eigenvalue weighted by atomic mass is 9.95. The van der Waals surface area contributed by atoms with Gasteiger partial charge in [0.2, 0.25) is 0 Å². The van der Waals surface area contributed by atoms with Crippen LogP contribution in [-0.2, 0) is 0 Å². The third-order valence-electron chi connectivity index (χ3n) is 4.31. The van der Waals surface area contributed by atoms with Crippen LogP contribution in [0.5, 0.6) is 0 Å². The summed E-state index contributed by atoms with van der Waals surface area (Å²) in [4.78, 5) is 12.5. The zero-order valence-corrected chi connectivity index (χ0v) is 14.8. The molecule has 2 atom stereocenters. The Labute approximate surface area is 143 Å². The van der Waals surface area contributed by atoms with Gasteiger partial charge in [-0.1, -0.05) is 34.1 Å². The molecule has 23 heavy (non-hydrogen) atoms. The molecular formula is C16H20BrN5O. The summed E-state index contributed by atoms with van der Waals surface area (Å²) in [6.45, 7) is 5.83. The maximum atomic E-state index is 12.5. The molecule has 0 radical (unpaired) electrons. The van der Waals surface area contributed by atoms with Crippen LogP contribution in [0.25, 0.3) is 5.69 Å². The molecular weight excluding hydrogens is 358 g/mol. The fraction of sp³-hybridized carbons (Fsp3) is 0.438. The van der Waals surface area contributed by atoms with E-state index in [9.17, 15) is 4.79 Å². The molecule has 2 aromatic rings. The van der Waals surface area contributed by atoms with E-state index in [4.69, 9.17) is 0 Å². The first-order valence-electron chi connectivity index (χ1n) is 7.76. The Bertz CT molecular complexity index is 714. The molecule has 0 aliphatic carbocycles. The van der Waals surface area contributed by atoms with Crippen molar-refractivity contribution < 1.29 is 4.79 Å². The zero-order valence-electron chi connectivity index (χ0n) is 13.2. The molecule has 6 nitrogen and oxygen atoms in total. The quantitative estimate of drug-likeness (QED) is 0.858. The summed E-state index contributed by atoms with van der Waals surface area (Å²) in [5.74, 6) is 0.296. The van der Waals surface area contributed by atoms with Crippen molar-refractivity contribution in [3.05, 3.63) is 40.1 Å². The van der Waals surface area contributed by atoms with Gasteiger partial charge in [0, 0.05) is 17.1 Å². The second kappa shape index (κ2) is 6.80. The van der Waals surface area contributed by atoms with E-state index >= 15 is 0 Å². The minimum atomic E-state index is -0.163. The average Bonchev–Trinajstić information content (AvgIpc) is 2.91. The number of amides is 1. The number of hydrogen-bond acceptors (Lipinski definition) is 4. The van der Waals surface area contributed by atoms with E-state index in [0.717, 1.165) is 35.4 Å². The summed E-state index contributed by atoms with van der Waals surface area (Å²) < 4.78 is 2.64. The Morgan fingerprint density at radius 1 is 1.48 bits per heavy atom. The Balaban J connectivity index is 1.80. The van der Waals surface area contributed by atoms with Gasteiger partial charge in [-0.3, -0.25) is 4.79 Å². The molecule has 0 spiro atoms. The monoisotopic (exact) mass is 377 g/mol. The number of rotatable bonds is 3. The number of hydrogen-bond donors (Lipinski definition) is 2. The summed E-state index contributed by atoms with van der Waals surface area (Å²) in [6, 6.07) is 7.88. The predicted octanol–water partition coefficient (Wildman–Crippen LogP) is 2.07. The van der Waals surface area contributed by atoms with Crippen LogP contribution in [0.1, 0.15) is 29.5 Å². The topological polar surface area (TPSA) is 71.8 Å². The molecule has 2 unspecified atom stereocenters. The van der Waals surface area contributed by atoms with Gasteiger partial charge < -0.3 is 10.6 Å². The predicted molar refractivity (Wildman–Crippen MR) is 91.7 cm³/mol. The highest BCUT2D eigenvalue weighted by Crippen LogP contribution is 2.18. The molecule has 2 N–H and O–H groups in total. The summed E-state index contributed by atoms with van der Waals surface area (Å²) in [5, 5.41) is 14.6. The Kier molecular flexibility index (Phi) is 4.77. The number of halogens is 1. The van der Waals surface area contributed by atoms with Gasteiger partial charge in [-0.15, -0.1) is 5.10 Å². The molecule has 1 aliphatic heterocycles. The van der Waals surface area contributed by atoms with Crippen molar-refractivity contribution >= 4 is 21.8 Å². The van der Waals surface area contributed by atoms with E-state index in [2.05, 4.69) is 43.8 Å². The van der Waals surface area contributed by atoms with Crippen LogP contribution >= 0.6 is 15.9 Å². The fourth-order valence-electron chi connectivity index (χ4n) is 2.81. The van der Waals surface area contributed by atoms with Gasteiger partial charge in [-0.05, 0) is 44.0 Å². The summed E-state index contributed by atoms with van der Waals surface area (Å²) >= 11 is 3.44. The first kappa shape index (κ1) is 16.1. The smallest absolute Gasteiger partial charge is 0.274 e. The SMILES string of the molecule is Cc1c(C(=O)NC2CNCCC2C)nnn1-c1cccc(Br)c1. The van der Waals surface area contributed by atoms with Crippen molar-refractivity contribution in [2.45, 2.75) is 26.3 Å². The van der Waals surface area contributed by atoms with Gasteiger partial charge in [-0.2, -0.15) is 0 Å². The number of carbonyl (C=O) groups excluding carboxylic acids is 1. The van der Waals surface area contributed by atoms with Gasteiger partial charge in [0.1, 0.15) is 0 Å². The molecule has 2 heterocycles. The number of aromatic nitrogens is 3. The van der Waals surface area contributed by atoms with Crippen LogP contribution in [0.2, 0.25) is 0 Å². The van der Waals surface area contributed by atoms with Crippen molar-refractivity contribution in [3.8, 4) is 5.69 Å². The molecule has 1 aliphatic rings. The minimum absolute atomic E-state index is 0.131. The highest BCUT2D eigenvalue weighted by molar-refractivity contribution is 9.10. The molecule has 1 aromatic heterocycles. The maximum absolute atomic E-state index is 12.5. The third kappa shape index (κ3) is 3.45. The molecule has 0 bridgehead atoms. The van der Waals surface area contributed by atoms with Gasteiger partial charge in [0.15, 0.2) is 5.69 Å². The number of carbonyl (C=O) groups is 1. The summed E-state index contributed by atoms with van der Waals surface area (Å²) in [6.07, 6.45) is 1.06. The lowest BCUT2D eigenvalue weighted by Gasteiger charge is -2.29. The van der Waals surface area contributed by atoms with Crippen LogP contribution in [0.15, 0.2) is 28.7 Å². The van der Waals surface area contributed by atoms with Gasteiger partial charge in [0.05, 0.1) is 11.4 Å². The Morgan fingerprint density at radius 3 is 3.04 bits per heavy atom.